The second-order valence-electron chi connectivity index (χ2n) is 5.65. The van der Waals surface area contributed by atoms with Crippen molar-refractivity contribution in [2.75, 3.05) is 19.8 Å². The van der Waals surface area contributed by atoms with Crippen molar-refractivity contribution in [3.8, 4) is 0 Å². The third-order valence-electron chi connectivity index (χ3n) is 4.05. The first kappa shape index (κ1) is 16.0. The zero-order valence-electron chi connectivity index (χ0n) is 13.1. The lowest BCUT2D eigenvalue weighted by molar-refractivity contribution is -0.143. The van der Waals surface area contributed by atoms with Crippen LogP contribution in [0.1, 0.15) is 31.5 Å². The predicted molar refractivity (Wildman–Crippen MR) is 79.0 cm³/mol. The van der Waals surface area contributed by atoms with E-state index in [-0.39, 0.29) is 6.04 Å². The Morgan fingerprint density at radius 3 is 2.90 bits per heavy atom. The van der Waals surface area contributed by atoms with Crippen LogP contribution in [0.4, 0.5) is 0 Å². The number of aliphatic carboxylic acids is 1. The fourth-order valence-corrected chi connectivity index (χ4v) is 3.02. The summed E-state index contributed by atoms with van der Waals surface area (Å²) in [6, 6.07) is -0.0487. The molecule has 0 amide bonds. The lowest BCUT2D eigenvalue weighted by atomic mass is 10.0. The van der Waals surface area contributed by atoms with Crippen LogP contribution in [0.15, 0.2) is 6.20 Å². The van der Waals surface area contributed by atoms with Crippen molar-refractivity contribution >= 4 is 5.97 Å². The Bertz CT molecular complexity index is 487. The highest BCUT2D eigenvalue weighted by atomic mass is 16.5. The van der Waals surface area contributed by atoms with Gasteiger partial charge in [-0.1, -0.05) is 13.8 Å². The summed E-state index contributed by atoms with van der Waals surface area (Å²) in [7, 11) is 1.92. The minimum Gasteiger partial charge on any atom is -0.481 e. The minimum absolute atomic E-state index is 0.0487. The molecular formula is C15H25N3O3. The molecular weight excluding hydrogens is 270 g/mol. The molecule has 2 unspecified atom stereocenters. The fourth-order valence-electron chi connectivity index (χ4n) is 3.02. The topological polar surface area (TPSA) is 67.6 Å². The van der Waals surface area contributed by atoms with Gasteiger partial charge < -0.3 is 9.84 Å². The van der Waals surface area contributed by atoms with Crippen LogP contribution in [0.5, 0.6) is 0 Å². The van der Waals surface area contributed by atoms with Crippen molar-refractivity contribution in [1.29, 1.82) is 0 Å². The summed E-state index contributed by atoms with van der Waals surface area (Å²) in [4.78, 5) is 13.6. The van der Waals surface area contributed by atoms with Crippen LogP contribution in [-0.2, 0) is 29.5 Å². The van der Waals surface area contributed by atoms with Gasteiger partial charge in [0.05, 0.1) is 24.8 Å². The molecule has 0 radical (unpaired) electrons. The zero-order chi connectivity index (χ0) is 15.4. The Hall–Kier alpha value is -1.40. The van der Waals surface area contributed by atoms with Gasteiger partial charge in [0.1, 0.15) is 0 Å². The molecule has 2 atom stereocenters. The normalized spacial score (nSPS) is 22.1. The first-order valence-electron chi connectivity index (χ1n) is 7.62. The van der Waals surface area contributed by atoms with E-state index in [1.165, 1.54) is 5.56 Å². The highest BCUT2D eigenvalue weighted by Gasteiger charge is 2.37. The van der Waals surface area contributed by atoms with E-state index in [0.29, 0.717) is 13.2 Å². The molecule has 1 fully saturated rings. The van der Waals surface area contributed by atoms with E-state index in [0.717, 1.165) is 31.6 Å². The number of aryl methyl sites for hydroxylation is 2. The third kappa shape index (κ3) is 3.63. The lowest BCUT2D eigenvalue weighted by Gasteiger charge is -2.29. The van der Waals surface area contributed by atoms with Gasteiger partial charge in [-0.15, -0.1) is 0 Å². The Balaban J connectivity index is 2.16. The van der Waals surface area contributed by atoms with Crippen molar-refractivity contribution in [2.45, 2.75) is 39.3 Å². The van der Waals surface area contributed by atoms with E-state index < -0.39 is 11.9 Å². The van der Waals surface area contributed by atoms with Crippen LogP contribution in [0, 0.1) is 5.92 Å². The van der Waals surface area contributed by atoms with Crippen LogP contribution in [0.25, 0.3) is 0 Å². The Kier molecular flexibility index (Phi) is 5.36. The number of aromatic nitrogens is 2. The first-order valence-corrected chi connectivity index (χ1v) is 7.62. The average molecular weight is 295 g/mol. The number of carboxylic acid groups (broad SMARTS) is 1. The SMILES string of the molecule is CCCN(Cc1cn(C)nc1CC)C1COCC1C(=O)O. The van der Waals surface area contributed by atoms with E-state index in [9.17, 15) is 9.90 Å². The van der Waals surface area contributed by atoms with Gasteiger partial charge >= 0.3 is 5.97 Å². The summed E-state index contributed by atoms with van der Waals surface area (Å²) in [5.41, 5.74) is 2.27. The molecule has 0 aliphatic carbocycles. The number of nitrogens with zero attached hydrogens (tertiary/aromatic N) is 3. The van der Waals surface area contributed by atoms with Crippen molar-refractivity contribution in [2.24, 2.45) is 13.0 Å². The number of carbonyl (C=O) groups is 1. The zero-order valence-corrected chi connectivity index (χ0v) is 13.1. The maximum Gasteiger partial charge on any atom is 0.310 e. The molecule has 1 aliphatic heterocycles. The average Bonchev–Trinajstić information content (AvgIpc) is 3.04. The van der Waals surface area contributed by atoms with Gasteiger partial charge in [-0.25, -0.2) is 0 Å². The smallest absolute Gasteiger partial charge is 0.310 e. The van der Waals surface area contributed by atoms with Gasteiger partial charge in [0.25, 0.3) is 0 Å². The van der Waals surface area contributed by atoms with E-state index >= 15 is 0 Å². The fraction of sp³-hybridized carbons (Fsp3) is 0.733. The number of hydrogen-bond acceptors (Lipinski definition) is 4. The molecule has 0 aromatic carbocycles. The molecule has 2 heterocycles. The summed E-state index contributed by atoms with van der Waals surface area (Å²) in [6.07, 6.45) is 3.91. The molecule has 1 saturated heterocycles. The van der Waals surface area contributed by atoms with Crippen LogP contribution in [0.2, 0.25) is 0 Å². The van der Waals surface area contributed by atoms with E-state index in [4.69, 9.17) is 4.74 Å². The summed E-state index contributed by atoms with van der Waals surface area (Å²) in [5.74, 6) is -1.20. The van der Waals surface area contributed by atoms with Crippen molar-refractivity contribution in [3.63, 3.8) is 0 Å². The van der Waals surface area contributed by atoms with Gasteiger partial charge in [-0.2, -0.15) is 5.10 Å². The maximum absolute atomic E-state index is 11.4. The largest absolute Gasteiger partial charge is 0.481 e. The number of ether oxygens (including phenoxy) is 1. The van der Waals surface area contributed by atoms with E-state index in [1.54, 1.807) is 0 Å². The predicted octanol–water partition coefficient (Wildman–Crippen LogP) is 1.29. The Morgan fingerprint density at radius 1 is 1.52 bits per heavy atom. The molecule has 1 N–H and O–H groups in total. The molecule has 1 aromatic rings. The van der Waals surface area contributed by atoms with E-state index in [2.05, 4.69) is 23.8 Å². The number of hydrogen-bond donors (Lipinski definition) is 1. The van der Waals surface area contributed by atoms with Gasteiger partial charge in [0.15, 0.2) is 0 Å². The second-order valence-corrected chi connectivity index (χ2v) is 5.65. The van der Waals surface area contributed by atoms with Gasteiger partial charge in [0, 0.05) is 31.4 Å². The van der Waals surface area contributed by atoms with Gasteiger partial charge in [0.2, 0.25) is 0 Å². The second kappa shape index (κ2) is 7.04. The van der Waals surface area contributed by atoms with Crippen LogP contribution < -0.4 is 0 Å². The molecule has 0 saturated carbocycles. The molecule has 6 nitrogen and oxygen atoms in total. The summed E-state index contributed by atoms with van der Waals surface area (Å²) in [6.45, 7) is 6.63. The number of carboxylic acids is 1. The minimum atomic E-state index is -0.763. The molecule has 1 aliphatic rings. The summed E-state index contributed by atoms with van der Waals surface area (Å²) in [5, 5.41) is 13.8. The molecule has 6 heteroatoms. The molecule has 118 valence electrons. The maximum atomic E-state index is 11.4. The molecule has 2 rings (SSSR count). The Labute approximate surface area is 125 Å². The lowest BCUT2D eigenvalue weighted by Crippen LogP contribution is -2.43. The van der Waals surface area contributed by atoms with E-state index in [1.807, 2.05) is 17.9 Å². The summed E-state index contributed by atoms with van der Waals surface area (Å²) >= 11 is 0. The molecule has 0 spiro atoms. The van der Waals surface area contributed by atoms with Crippen LogP contribution >= 0.6 is 0 Å². The van der Waals surface area contributed by atoms with Gasteiger partial charge in [-0.05, 0) is 19.4 Å². The first-order chi connectivity index (χ1) is 10.1. The van der Waals surface area contributed by atoms with Crippen LogP contribution in [-0.4, -0.2) is 51.6 Å². The Morgan fingerprint density at radius 2 is 2.29 bits per heavy atom. The standard InChI is InChI=1S/C15H25N3O3/c1-4-6-18(14-10-21-9-12(14)15(19)20)8-11-7-17(3)16-13(11)5-2/h7,12,14H,4-6,8-10H2,1-3H3,(H,19,20). The molecule has 0 bridgehead atoms. The van der Waals surface area contributed by atoms with Crippen molar-refractivity contribution in [1.82, 2.24) is 14.7 Å². The van der Waals surface area contributed by atoms with Crippen LogP contribution in [0.3, 0.4) is 0 Å². The molecule has 1 aromatic heterocycles. The quantitative estimate of drug-likeness (QED) is 0.821. The highest BCUT2D eigenvalue weighted by Crippen LogP contribution is 2.23. The van der Waals surface area contributed by atoms with Crippen molar-refractivity contribution < 1.29 is 14.6 Å². The monoisotopic (exact) mass is 295 g/mol. The molecule has 21 heavy (non-hydrogen) atoms. The van der Waals surface area contributed by atoms with Crippen molar-refractivity contribution in [3.05, 3.63) is 17.5 Å². The number of rotatable bonds is 7. The highest BCUT2D eigenvalue weighted by molar-refractivity contribution is 5.71. The summed E-state index contributed by atoms with van der Waals surface area (Å²) < 4.78 is 7.25. The van der Waals surface area contributed by atoms with Gasteiger partial charge in [-0.3, -0.25) is 14.4 Å². The third-order valence-corrected chi connectivity index (χ3v) is 4.05.